The summed E-state index contributed by atoms with van der Waals surface area (Å²) < 4.78 is 6.18. The first-order valence-corrected chi connectivity index (χ1v) is 5.72. The van der Waals surface area contributed by atoms with E-state index in [0.29, 0.717) is 0 Å². The van der Waals surface area contributed by atoms with Crippen LogP contribution in [0.1, 0.15) is 12.8 Å². The summed E-state index contributed by atoms with van der Waals surface area (Å²) in [7, 11) is -0.882. The fourth-order valence-corrected chi connectivity index (χ4v) is 3.32. The maximum atomic E-state index is 5.79. The molecule has 0 aromatic carbocycles. The van der Waals surface area contributed by atoms with E-state index in [-0.39, 0.29) is 0 Å². The quantitative estimate of drug-likeness (QED) is 0.586. The van der Waals surface area contributed by atoms with Crippen molar-refractivity contribution in [2.45, 2.75) is 18.9 Å². The maximum Gasteiger partial charge on any atom is 0.259 e. The first-order valence-electron chi connectivity index (χ1n) is 3.29. The van der Waals surface area contributed by atoms with Crippen LogP contribution >= 0.6 is 23.2 Å². The SMILES string of the molecule is Cl/C=C(\Cl)[Si]1CCCCO1. The zero-order valence-corrected chi connectivity index (χ0v) is 8.08. The third-order valence-electron chi connectivity index (χ3n) is 1.44. The van der Waals surface area contributed by atoms with E-state index in [2.05, 4.69) is 0 Å². The number of rotatable bonds is 1. The summed E-state index contributed by atoms with van der Waals surface area (Å²) in [6.45, 7) is 0.856. The van der Waals surface area contributed by atoms with Gasteiger partial charge in [-0.25, -0.2) is 0 Å². The average Bonchev–Trinajstić information content (AvgIpc) is 2.05. The standard InChI is InChI=1S/C6H9Cl2OSi/c7-5-6(8)10-4-2-1-3-9-10/h5H,1-4H2/b6-5+. The number of hydrogen-bond donors (Lipinski definition) is 0. The van der Waals surface area contributed by atoms with Crippen LogP contribution in [0.15, 0.2) is 10.2 Å². The molecule has 0 amide bonds. The smallest absolute Gasteiger partial charge is 0.259 e. The van der Waals surface area contributed by atoms with Gasteiger partial charge in [0.05, 0.1) is 0 Å². The van der Waals surface area contributed by atoms with Crippen LogP contribution in [-0.2, 0) is 4.43 Å². The van der Waals surface area contributed by atoms with Gasteiger partial charge in [0.25, 0.3) is 9.04 Å². The lowest BCUT2D eigenvalue weighted by molar-refractivity contribution is 0.293. The molecule has 1 aliphatic heterocycles. The molecule has 1 rings (SSSR count). The summed E-state index contributed by atoms with van der Waals surface area (Å²) in [4.78, 5) is 0. The molecule has 57 valence electrons. The highest BCUT2D eigenvalue weighted by atomic mass is 35.5. The molecular formula is C6H9Cl2OSi. The molecule has 0 aromatic rings. The largest absolute Gasteiger partial charge is 0.411 e. The van der Waals surface area contributed by atoms with Crippen LogP contribution in [0, 0.1) is 0 Å². The minimum Gasteiger partial charge on any atom is -0.411 e. The molecule has 0 aliphatic carbocycles. The van der Waals surface area contributed by atoms with Crippen molar-refractivity contribution in [3.05, 3.63) is 10.2 Å². The summed E-state index contributed by atoms with van der Waals surface area (Å²) in [5, 5.41) is 0. The van der Waals surface area contributed by atoms with Gasteiger partial charge < -0.3 is 4.43 Å². The van der Waals surface area contributed by atoms with Crippen LogP contribution in [0.5, 0.6) is 0 Å². The van der Waals surface area contributed by atoms with E-state index in [1.807, 2.05) is 0 Å². The Morgan fingerprint density at radius 3 is 2.80 bits per heavy atom. The summed E-state index contributed by atoms with van der Waals surface area (Å²) in [6, 6.07) is 1.10. The Hall–Kier alpha value is 0.497. The highest BCUT2D eigenvalue weighted by Gasteiger charge is 2.20. The van der Waals surface area contributed by atoms with Crippen molar-refractivity contribution in [1.29, 1.82) is 0 Å². The Labute approximate surface area is 72.7 Å². The summed E-state index contributed by atoms with van der Waals surface area (Å²) in [5.74, 6) is 0. The Kier molecular flexibility index (Phi) is 3.77. The minimum absolute atomic E-state index is 0.728. The van der Waals surface area contributed by atoms with E-state index >= 15 is 0 Å². The van der Waals surface area contributed by atoms with Crippen LogP contribution in [-0.4, -0.2) is 15.6 Å². The molecule has 0 saturated carbocycles. The zero-order valence-electron chi connectivity index (χ0n) is 5.57. The van der Waals surface area contributed by atoms with E-state index in [1.165, 1.54) is 18.4 Å². The second-order valence-electron chi connectivity index (χ2n) is 2.19. The lowest BCUT2D eigenvalue weighted by atomic mass is 10.4. The second-order valence-corrected chi connectivity index (χ2v) is 5.30. The van der Waals surface area contributed by atoms with Crippen molar-refractivity contribution in [2.75, 3.05) is 6.61 Å². The van der Waals surface area contributed by atoms with Crippen molar-refractivity contribution < 1.29 is 4.43 Å². The predicted molar refractivity (Wildman–Crippen MR) is 45.5 cm³/mol. The molecule has 4 heteroatoms. The highest BCUT2D eigenvalue weighted by molar-refractivity contribution is 6.74. The first kappa shape index (κ1) is 8.59. The molecule has 0 aromatic heterocycles. The Balaban J connectivity index is 2.39. The lowest BCUT2D eigenvalue weighted by Gasteiger charge is -2.18. The van der Waals surface area contributed by atoms with Gasteiger partial charge in [0.1, 0.15) is 0 Å². The van der Waals surface area contributed by atoms with E-state index in [9.17, 15) is 0 Å². The Bertz CT molecular complexity index is 132. The average molecular weight is 196 g/mol. The molecule has 0 atom stereocenters. The number of hydrogen-bond acceptors (Lipinski definition) is 1. The molecule has 1 heterocycles. The van der Waals surface area contributed by atoms with Crippen LogP contribution in [0.25, 0.3) is 0 Å². The molecule has 0 unspecified atom stereocenters. The molecule has 10 heavy (non-hydrogen) atoms. The van der Waals surface area contributed by atoms with Crippen LogP contribution in [0.2, 0.25) is 6.04 Å². The number of halogens is 2. The van der Waals surface area contributed by atoms with E-state index in [4.69, 9.17) is 27.6 Å². The molecule has 0 N–H and O–H groups in total. The van der Waals surface area contributed by atoms with Crippen LogP contribution in [0.4, 0.5) is 0 Å². The van der Waals surface area contributed by atoms with E-state index in [0.717, 1.165) is 17.3 Å². The molecule has 1 fully saturated rings. The monoisotopic (exact) mass is 195 g/mol. The van der Waals surface area contributed by atoms with Gasteiger partial charge >= 0.3 is 0 Å². The first-order chi connectivity index (χ1) is 4.84. The van der Waals surface area contributed by atoms with Gasteiger partial charge in [0.2, 0.25) is 0 Å². The van der Waals surface area contributed by atoms with Gasteiger partial charge in [-0.2, -0.15) is 0 Å². The Morgan fingerprint density at radius 1 is 1.50 bits per heavy atom. The van der Waals surface area contributed by atoms with Crippen molar-refractivity contribution in [1.82, 2.24) is 0 Å². The third-order valence-corrected chi connectivity index (χ3v) is 4.73. The van der Waals surface area contributed by atoms with Crippen molar-refractivity contribution in [2.24, 2.45) is 0 Å². The predicted octanol–water partition coefficient (Wildman–Crippen LogP) is 2.65. The fourth-order valence-electron chi connectivity index (χ4n) is 0.904. The molecular weight excluding hydrogens is 187 g/mol. The van der Waals surface area contributed by atoms with Crippen LogP contribution < -0.4 is 0 Å². The molecule has 1 radical (unpaired) electrons. The van der Waals surface area contributed by atoms with Crippen molar-refractivity contribution in [3.8, 4) is 0 Å². The van der Waals surface area contributed by atoms with Gasteiger partial charge in [-0.3, -0.25) is 0 Å². The van der Waals surface area contributed by atoms with Gasteiger partial charge in [0, 0.05) is 16.8 Å². The van der Waals surface area contributed by atoms with Gasteiger partial charge in [-0.05, 0) is 12.5 Å². The normalized spacial score (nSPS) is 23.2. The van der Waals surface area contributed by atoms with Gasteiger partial charge in [0.15, 0.2) is 0 Å². The molecule has 1 saturated heterocycles. The topological polar surface area (TPSA) is 9.23 Å². The van der Waals surface area contributed by atoms with Crippen LogP contribution in [0.3, 0.4) is 0 Å². The van der Waals surface area contributed by atoms with Gasteiger partial charge in [-0.15, -0.1) is 0 Å². The Morgan fingerprint density at radius 2 is 2.30 bits per heavy atom. The molecule has 0 spiro atoms. The van der Waals surface area contributed by atoms with Gasteiger partial charge in [-0.1, -0.05) is 29.6 Å². The summed E-state index contributed by atoms with van der Waals surface area (Å²) in [5.41, 5.74) is 1.43. The van der Waals surface area contributed by atoms with E-state index in [1.54, 1.807) is 0 Å². The molecule has 1 aliphatic rings. The molecule has 0 bridgehead atoms. The fraction of sp³-hybridized carbons (Fsp3) is 0.667. The lowest BCUT2D eigenvalue weighted by Crippen LogP contribution is -2.23. The minimum atomic E-state index is -0.882. The summed E-state index contributed by atoms with van der Waals surface area (Å²) in [6.07, 6.45) is 2.40. The summed E-state index contributed by atoms with van der Waals surface area (Å²) >= 11 is 11.2. The second kappa shape index (κ2) is 4.39. The third kappa shape index (κ3) is 2.27. The van der Waals surface area contributed by atoms with Crippen molar-refractivity contribution in [3.63, 3.8) is 0 Å². The van der Waals surface area contributed by atoms with E-state index < -0.39 is 9.04 Å². The van der Waals surface area contributed by atoms with Crippen molar-refractivity contribution >= 4 is 32.2 Å². The zero-order chi connectivity index (χ0) is 7.40. The molecule has 1 nitrogen and oxygen atoms in total. The highest BCUT2D eigenvalue weighted by Crippen LogP contribution is 2.19. The maximum absolute atomic E-state index is 5.79.